The Morgan fingerprint density at radius 1 is 1.08 bits per heavy atom. The van der Waals surface area contributed by atoms with Crippen molar-refractivity contribution >= 4 is 41.5 Å². The first-order chi connectivity index (χ1) is 17.4. The molecule has 0 aromatic heterocycles. The molecule has 1 amide bonds. The van der Waals surface area contributed by atoms with Crippen LogP contribution < -0.4 is 0 Å². The van der Waals surface area contributed by atoms with Crippen LogP contribution in [0.1, 0.15) is 29.7 Å². The molecule has 0 aliphatic carbocycles. The van der Waals surface area contributed by atoms with Gasteiger partial charge in [-0.1, -0.05) is 72.8 Å². The highest BCUT2D eigenvalue weighted by atomic mass is 35.5. The summed E-state index contributed by atoms with van der Waals surface area (Å²) in [5.41, 5.74) is 2.20. The molecule has 2 aliphatic heterocycles. The molecule has 1 N–H and O–H groups in total. The number of ether oxygens (including phenoxy) is 1. The van der Waals surface area contributed by atoms with E-state index in [2.05, 4.69) is 4.99 Å². The molecule has 4 atom stereocenters. The third-order valence-corrected chi connectivity index (χ3v) is 8.88. The molecule has 3 aromatic rings. The van der Waals surface area contributed by atoms with Gasteiger partial charge in [0.15, 0.2) is 12.1 Å². The lowest BCUT2D eigenvalue weighted by Gasteiger charge is -2.42. The Labute approximate surface area is 218 Å². The smallest absolute Gasteiger partial charge is 0.331 e. The number of aliphatic imine (C=N–C) groups is 1. The lowest BCUT2D eigenvalue weighted by Crippen LogP contribution is -2.65. The van der Waals surface area contributed by atoms with Crippen LogP contribution in [-0.4, -0.2) is 56.2 Å². The van der Waals surface area contributed by atoms with E-state index in [0.717, 1.165) is 11.1 Å². The van der Waals surface area contributed by atoms with Gasteiger partial charge in [-0.25, -0.2) is 4.79 Å². The Kier molecular flexibility index (Phi) is 6.77. The molecular weight excluding hydrogens is 496 g/mol. The standard InChI is InChI=1S/C28H25ClN2O4S/c1-28(17-29)24(27(34)35-23(18-10-4-2-5-11-18)19-12-6-3-7-13-19)31-25(33)22(26(31)36-28)30-16-20-14-8-9-15-21(20)32/h2-16,22-24,26,32H,17H2,1H3/t22-,24+,26+,28?/m1/s1. The number of benzene rings is 3. The van der Waals surface area contributed by atoms with E-state index in [9.17, 15) is 14.7 Å². The first kappa shape index (κ1) is 24.4. The van der Waals surface area contributed by atoms with Gasteiger partial charge < -0.3 is 14.7 Å². The van der Waals surface area contributed by atoms with Crippen molar-refractivity contribution in [1.82, 2.24) is 4.90 Å². The number of carbonyl (C=O) groups excluding carboxylic acids is 2. The molecule has 0 radical (unpaired) electrons. The molecule has 2 heterocycles. The summed E-state index contributed by atoms with van der Waals surface area (Å²) in [5, 5.41) is 9.66. The average Bonchev–Trinajstić information content (AvgIpc) is 3.19. The second kappa shape index (κ2) is 9.99. The number of hydrogen-bond acceptors (Lipinski definition) is 6. The number of rotatable bonds is 7. The summed E-state index contributed by atoms with van der Waals surface area (Å²) in [5.74, 6) is -0.508. The van der Waals surface area contributed by atoms with Crippen molar-refractivity contribution in [3.8, 4) is 5.75 Å². The van der Waals surface area contributed by atoms with Crippen molar-refractivity contribution in [1.29, 1.82) is 0 Å². The number of esters is 1. The quantitative estimate of drug-likeness (QED) is 0.210. The predicted molar refractivity (Wildman–Crippen MR) is 141 cm³/mol. The van der Waals surface area contributed by atoms with Gasteiger partial charge in [0, 0.05) is 17.7 Å². The second-order valence-electron chi connectivity index (χ2n) is 9.02. The van der Waals surface area contributed by atoms with Gasteiger partial charge in [-0.15, -0.1) is 23.4 Å². The molecule has 1 unspecified atom stereocenters. The van der Waals surface area contributed by atoms with Gasteiger partial charge in [-0.3, -0.25) is 9.79 Å². The number of halogens is 1. The van der Waals surface area contributed by atoms with Crippen LogP contribution in [0.25, 0.3) is 0 Å². The molecular formula is C28H25ClN2O4S. The van der Waals surface area contributed by atoms with Crippen LogP contribution in [0, 0.1) is 0 Å². The number of thioether (sulfide) groups is 1. The maximum absolute atomic E-state index is 13.7. The molecule has 2 fully saturated rings. The monoisotopic (exact) mass is 520 g/mol. The summed E-state index contributed by atoms with van der Waals surface area (Å²) < 4.78 is 5.37. The number of phenolic OH excluding ortho intramolecular Hbond substituents is 1. The van der Waals surface area contributed by atoms with Gasteiger partial charge in [0.25, 0.3) is 5.91 Å². The Balaban J connectivity index is 1.40. The van der Waals surface area contributed by atoms with E-state index in [-0.39, 0.29) is 22.9 Å². The zero-order valence-corrected chi connectivity index (χ0v) is 21.1. The van der Waals surface area contributed by atoms with Crippen molar-refractivity contribution in [2.45, 2.75) is 35.2 Å². The van der Waals surface area contributed by atoms with Crippen molar-refractivity contribution in [3.05, 3.63) is 102 Å². The van der Waals surface area contributed by atoms with Crippen LogP contribution in [0.15, 0.2) is 89.9 Å². The number of nitrogens with zero attached hydrogens (tertiary/aromatic N) is 2. The van der Waals surface area contributed by atoms with Crippen LogP contribution in [0.2, 0.25) is 0 Å². The molecule has 2 aliphatic rings. The Morgan fingerprint density at radius 3 is 2.25 bits per heavy atom. The number of para-hydroxylation sites is 1. The highest BCUT2D eigenvalue weighted by molar-refractivity contribution is 8.01. The number of fused-ring (bicyclic) bond motifs is 1. The minimum atomic E-state index is -0.844. The largest absolute Gasteiger partial charge is 0.507 e. The van der Waals surface area contributed by atoms with Gasteiger partial charge in [-0.05, 0) is 30.2 Å². The zero-order chi connectivity index (χ0) is 25.3. The topological polar surface area (TPSA) is 79.2 Å². The third kappa shape index (κ3) is 4.38. The van der Waals surface area contributed by atoms with Crippen LogP contribution in [0.4, 0.5) is 0 Å². The van der Waals surface area contributed by atoms with Crippen LogP contribution >= 0.6 is 23.4 Å². The van der Waals surface area contributed by atoms with E-state index < -0.39 is 28.9 Å². The zero-order valence-electron chi connectivity index (χ0n) is 19.5. The minimum absolute atomic E-state index is 0.0869. The Bertz CT molecular complexity index is 1250. The van der Waals surface area contributed by atoms with Crippen molar-refractivity contribution < 1.29 is 19.4 Å². The van der Waals surface area contributed by atoms with Crippen molar-refractivity contribution in [2.75, 3.05) is 5.88 Å². The molecule has 184 valence electrons. The van der Waals surface area contributed by atoms with Gasteiger partial charge in [0.1, 0.15) is 17.2 Å². The van der Waals surface area contributed by atoms with Crippen molar-refractivity contribution in [2.24, 2.45) is 4.99 Å². The van der Waals surface area contributed by atoms with Crippen LogP contribution in [0.3, 0.4) is 0 Å². The molecule has 8 heteroatoms. The molecule has 0 spiro atoms. The molecule has 0 saturated carbocycles. The van der Waals surface area contributed by atoms with Gasteiger partial charge >= 0.3 is 5.97 Å². The number of alkyl halides is 1. The number of amides is 1. The van der Waals surface area contributed by atoms with Gasteiger partial charge in [-0.2, -0.15) is 0 Å². The van der Waals surface area contributed by atoms with E-state index >= 15 is 0 Å². The molecule has 3 aromatic carbocycles. The maximum atomic E-state index is 13.7. The van der Waals surface area contributed by atoms with E-state index in [1.54, 1.807) is 29.2 Å². The Hall–Kier alpha value is -3.29. The minimum Gasteiger partial charge on any atom is -0.507 e. The van der Waals surface area contributed by atoms with Crippen LogP contribution in [-0.2, 0) is 14.3 Å². The highest BCUT2D eigenvalue weighted by Crippen LogP contribution is 2.53. The second-order valence-corrected chi connectivity index (χ2v) is 10.9. The summed E-state index contributed by atoms with van der Waals surface area (Å²) >= 11 is 7.83. The number of carbonyl (C=O) groups is 2. The average molecular weight is 521 g/mol. The maximum Gasteiger partial charge on any atom is 0.331 e. The number of β-lactam (4-membered cyclic amide) rings is 1. The summed E-state index contributed by atoms with van der Waals surface area (Å²) in [7, 11) is 0. The molecule has 6 nitrogen and oxygen atoms in total. The lowest BCUT2D eigenvalue weighted by molar-refractivity contribution is -0.165. The van der Waals surface area contributed by atoms with E-state index in [1.165, 1.54) is 18.0 Å². The fourth-order valence-corrected chi connectivity index (χ4v) is 6.57. The SMILES string of the molecule is CC1(CCl)S[C@H]2[C@H](N=Cc3ccccc3O)C(=O)N2[C@H]1C(=O)OC(c1ccccc1)c1ccccc1. The molecule has 2 saturated heterocycles. The first-order valence-electron chi connectivity index (χ1n) is 11.6. The number of phenols is 1. The summed E-state index contributed by atoms with van der Waals surface area (Å²) in [6, 6.07) is 24.3. The first-order valence-corrected chi connectivity index (χ1v) is 13.0. The van der Waals surface area contributed by atoms with Gasteiger partial charge in [0.2, 0.25) is 0 Å². The van der Waals surface area contributed by atoms with Gasteiger partial charge in [0.05, 0.1) is 4.75 Å². The Morgan fingerprint density at radius 2 is 1.67 bits per heavy atom. The molecule has 0 bridgehead atoms. The van der Waals surface area contributed by atoms with Crippen molar-refractivity contribution in [3.63, 3.8) is 0 Å². The molecule has 5 rings (SSSR count). The van der Waals surface area contributed by atoms with E-state index in [0.29, 0.717) is 5.56 Å². The van der Waals surface area contributed by atoms with E-state index in [4.69, 9.17) is 16.3 Å². The predicted octanol–water partition coefficient (Wildman–Crippen LogP) is 4.79. The fraction of sp³-hybridized carbons (Fsp3) is 0.250. The van der Waals surface area contributed by atoms with Crippen LogP contribution in [0.5, 0.6) is 5.75 Å². The molecule has 36 heavy (non-hydrogen) atoms. The summed E-state index contributed by atoms with van der Waals surface area (Å²) in [4.78, 5) is 32.9. The third-order valence-electron chi connectivity index (χ3n) is 6.54. The number of hydrogen-bond donors (Lipinski definition) is 1. The fourth-order valence-electron chi connectivity index (χ4n) is 4.63. The summed E-state index contributed by atoms with van der Waals surface area (Å²) in [6.45, 7) is 1.88. The normalized spacial score (nSPS) is 25.1. The van der Waals surface area contributed by atoms with E-state index in [1.807, 2.05) is 67.6 Å². The number of aromatic hydroxyl groups is 1. The summed E-state index contributed by atoms with van der Waals surface area (Å²) in [6.07, 6.45) is 0.884. The lowest BCUT2D eigenvalue weighted by atomic mass is 9.95. The highest BCUT2D eigenvalue weighted by Gasteiger charge is 2.65.